The molecule has 41 heavy (non-hydrogen) atoms. The summed E-state index contributed by atoms with van der Waals surface area (Å²) < 4.78 is 25.1. The summed E-state index contributed by atoms with van der Waals surface area (Å²) in [6.45, 7) is 6.02. The number of aryl methyl sites for hydroxylation is 1. The van der Waals surface area contributed by atoms with Gasteiger partial charge in [0.1, 0.15) is 30.3 Å². The second-order valence-electron chi connectivity index (χ2n) is 10.6. The molecule has 0 bridgehead atoms. The Hall–Kier alpha value is -4.85. The fourth-order valence-electron chi connectivity index (χ4n) is 4.29. The van der Waals surface area contributed by atoms with Gasteiger partial charge in [-0.2, -0.15) is 10.1 Å². The maximum absolute atomic E-state index is 12.1. The first kappa shape index (κ1) is 27.7. The molecule has 0 aliphatic rings. The lowest BCUT2D eigenvalue weighted by Gasteiger charge is -2.19. The van der Waals surface area contributed by atoms with E-state index in [0.29, 0.717) is 36.4 Å². The molecule has 2 heterocycles. The Morgan fingerprint density at radius 3 is 2.12 bits per heavy atom. The molecule has 0 aliphatic carbocycles. The molecule has 2 aromatic heterocycles. The van der Waals surface area contributed by atoms with Crippen LogP contribution in [0.5, 0.6) is 17.5 Å². The van der Waals surface area contributed by atoms with Crippen LogP contribution in [0.1, 0.15) is 31.9 Å². The Labute approximate surface area is 239 Å². The lowest BCUT2D eigenvalue weighted by Crippen LogP contribution is -2.27. The number of benzene rings is 3. The van der Waals surface area contributed by atoms with Gasteiger partial charge < -0.3 is 18.9 Å². The monoisotopic (exact) mass is 551 g/mol. The van der Waals surface area contributed by atoms with Crippen molar-refractivity contribution in [1.82, 2.24) is 14.8 Å². The molecule has 210 valence electrons. The van der Waals surface area contributed by atoms with Gasteiger partial charge in [0.15, 0.2) is 6.61 Å². The average Bonchev–Trinajstić information content (AvgIpc) is 3.29. The number of carbonyl (C=O) groups excluding carboxylic acids is 1. The van der Waals surface area contributed by atoms with Crippen LogP contribution >= 0.6 is 0 Å². The number of fused-ring (bicyclic) bond motifs is 1. The van der Waals surface area contributed by atoms with Crippen LogP contribution < -0.4 is 14.2 Å². The Morgan fingerprint density at radius 1 is 0.805 bits per heavy atom. The lowest BCUT2D eigenvalue weighted by atomic mass is 10.1. The van der Waals surface area contributed by atoms with Gasteiger partial charge in [0.05, 0.1) is 11.1 Å². The Kier molecular flexibility index (Phi) is 8.19. The highest BCUT2D eigenvalue weighted by Gasteiger charge is 2.20. The molecule has 0 amide bonds. The predicted octanol–water partition coefficient (Wildman–Crippen LogP) is 6.51. The number of hydrogen-bond acceptors (Lipinski definition) is 7. The largest absolute Gasteiger partial charge is 0.482 e. The molecule has 8 heteroatoms. The fraction of sp³-hybridized carbons (Fsp3) is 0.242. The molecule has 5 aromatic rings. The van der Waals surface area contributed by atoms with Gasteiger partial charge in [-0.3, -0.25) is 4.68 Å². The van der Waals surface area contributed by atoms with Crippen LogP contribution in [0.4, 0.5) is 0 Å². The second-order valence-corrected chi connectivity index (χ2v) is 10.6. The van der Waals surface area contributed by atoms with E-state index >= 15 is 0 Å². The van der Waals surface area contributed by atoms with E-state index in [0.717, 1.165) is 27.6 Å². The fourth-order valence-corrected chi connectivity index (χ4v) is 4.29. The molecule has 0 fully saturated rings. The number of nitrogens with zero attached hydrogens (tertiary/aromatic N) is 3. The van der Waals surface area contributed by atoms with E-state index in [9.17, 15) is 4.79 Å². The average molecular weight is 552 g/mol. The maximum Gasteiger partial charge on any atom is 0.344 e. The SMILES string of the molecule is Cn1nc(-c2ccc(OCc3ccccc3)nc2OCc2ccccc2)c2ccc(OCC(=O)OC(C)(C)C)cc21. The molecular weight excluding hydrogens is 518 g/mol. The summed E-state index contributed by atoms with van der Waals surface area (Å²) >= 11 is 0. The van der Waals surface area contributed by atoms with Gasteiger partial charge in [0, 0.05) is 24.6 Å². The van der Waals surface area contributed by atoms with Crippen molar-refractivity contribution in [2.45, 2.75) is 39.6 Å². The Balaban J connectivity index is 1.42. The summed E-state index contributed by atoms with van der Waals surface area (Å²) in [5.41, 5.74) is 3.78. The van der Waals surface area contributed by atoms with Gasteiger partial charge in [-0.1, -0.05) is 60.7 Å². The van der Waals surface area contributed by atoms with Crippen molar-refractivity contribution in [3.8, 4) is 28.8 Å². The highest BCUT2D eigenvalue weighted by Crippen LogP contribution is 2.36. The van der Waals surface area contributed by atoms with Crippen molar-refractivity contribution in [1.29, 1.82) is 0 Å². The van der Waals surface area contributed by atoms with Gasteiger partial charge >= 0.3 is 5.97 Å². The third kappa shape index (κ3) is 7.22. The van der Waals surface area contributed by atoms with Crippen molar-refractivity contribution in [3.05, 3.63) is 102 Å². The third-order valence-electron chi connectivity index (χ3n) is 6.14. The van der Waals surface area contributed by atoms with Crippen LogP contribution in [-0.4, -0.2) is 32.9 Å². The van der Waals surface area contributed by atoms with E-state index in [-0.39, 0.29) is 6.61 Å². The highest BCUT2D eigenvalue weighted by atomic mass is 16.6. The minimum absolute atomic E-state index is 0.181. The first-order valence-corrected chi connectivity index (χ1v) is 13.4. The zero-order valence-corrected chi connectivity index (χ0v) is 23.7. The molecule has 0 saturated carbocycles. The van der Waals surface area contributed by atoms with Gasteiger partial charge in [-0.25, -0.2) is 4.79 Å². The van der Waals surface area contributed by atoms with Gasteiger partial charge in [-0.05, 0) is 50.1 Å². The summed E-state index contributed by atoms with van der Waals surface area (Å²) in [4.78, 5) is 16.8. The van der Waals surface area contributed by atoms with E-state index in [1.165, 1.54) is 0 Å². The summed E-state index contributed by atoms with van der Waals surface area (Å²) in [6, 6.07) is 29.2. The van der Waals surface area contributed by atoms with E-state index in [1.54, 1.807) is 4.68 Å². The molecule has 0 spiro atoms. The summed E-state index contributed by atoms with van der Waals surface area (Å²) in [6.07, 6.45) is 0. The van der Waals surface area contributed by atoms with Gasteiger partial charge in [0.25, 0.3) is 0 Å². The molecule has 0 aliphatic heterocycles. The van der Waals surface area contributed by atoms with Crippen LogP contribution in [0.3, 0.4) is 0 Å². The topological polar surface area (TPSA) is 84.7 Å². The molecule has 0 atom stereocenters. The number of hydrogen-bond donors (Lipinski definition) is 0. The normalized spacial score (nSPS) is 11.3. The first-order valence-electron chi connectivity index (χ1n) is 13.4. The predicted molar refractivity (Wildman–Crippen MR) is 157 cm³/mol. The zero-order chi connectivity index (χ0) is 28.8. The molecule has 0 radical (unpaired) electrons. The lowest BCUT2D eigenvalue weighted by molar-refractivity contribution is -0.157. The Bertz CT molecular complexity index is 1630. The number of pyridine rings is 1. The van der Waals surface area contributed by atoms with Crippen molar-refractivity contribution >= 4 is 16.9 Å². The minimum atomic E-state index is -0.572. The number of esters is 1. The summed E-state index contributed by atoms with van der Waals surface area (Å²) in [7, 11) is 1.86. The van der Waals surface area contributed by atoms with Crippen LogP contribution in [0.2, 0.25) is 0 Å². The first-order chi connectivity index (χ1) is 19.7. The molecule has 0 saturated heterocycles. The molecule has 3 aromatic carbocycles. The molecule has 5 rings (SSSR count). The van der Waals surface area contributed by atoms with Crippen LogP contribution in [0, 0.1) is 0 Å². The van der Waals surface area contributed by atoms with Gasteiger partial charge in [-0.15, -0.1) is 0 Å². The minimum Gasteiger partial charge on any atom is -0.482 e. The summed E-state index contributed by atoms with van der Waals surface area (Å²) in [5.74, 6) is 0.994. The zero-order valence-electron chi connectivity index (χ0n) is 23.7. The van der Waals surface area contributed by atoms with E-state index in [4.69, 9.17) is 29.0 Å². The van der Waals surface area contributed by atoms with E-state index in [1.807, 2.05) is 119 Å². The molecule has 0 unspecified atom stereocenters. The van der Waals surface area contributed by atoms with E-state index < -0.39 is 11.6 Å². The van der Waals surface area contributed by atoms with Crippen LogP contribution in [-0.2, 0) is 29.8 Å². The number of aromatic nitrogens is 3. The Morgan fingerprint density at radius 2 is 1.46 bits per heavy atom. The highest BCUT2D eigenvalue weighted by molar-refractivity contribution is 5.95. The standard InChI is InChI=1S/C33H33N3O5/c1-33(2,3)41-30(37)22-38-25-15-16-26-28(19-25)36(4)35-31(26)27-17-18-29(39-20-23-11-7-5-8-12-23)34-32(27)40-21-24-13-9-6-10-14-24/h5-19H,20-22H2,1-4H3. The number of carbonyl (C=O) groups is 1. The quantitative estimate of drug-likeness (QED) is 0.183. The van der Waals surface area contributed by atoms with Crippen LogP contribution in [0.15, 0.2) is 91.0 Å². The maximum atomic E-state index is 12.1. The van der Waals surface area contributed by atoms with Gasteiger partial charge in [0.2, 0.25) is 11.8 Å². The molecule has 8 nitrogen and oxygen atoms in total. The number of rotatable bonds is 10. The van der Waals surface area contributed by atoms with Crippen molar-refractivity contribution in [2.75, 3.05) is 6.61 Å². The van der Waals surface area contributed by atoms with Crippen LogP contribution in [0.25, 0.3) is 22.2 Å². The summed E-state index contributed by atoms with van der Waals surface area (Å²) in [5, 5.41) is 5.68. The third-order valence-corrected chi connectivity index (χ3v) is 6.14. The van der Waals surface area contributed by atoms with Crippen molar-refractivity contribution < 1.29 is 23.7 Å². The van der Waals surface area contributed by atoms with Crippen molar-refractivity contribution in [2.24, 2.45) is 7.05 Å². The molecule has 0 N–H and O–H groups in total. The van der Waals surface area contributed by atoms with Crippen molar-refractivity contribution in [3.63, 3.8) is 0 Å². The number of ether oxygens (including phenoxy) is 4. The smallest absolute Gasteiger partial charge is 0.344 e. The van der Waals surface area contributed by atoms with E-state index in [2.05, 4.69) is 0 Å². The molecular formula is C33H33N3O5. The second kappa shape index (κ2) is 12.1.